The maximum Gasteiger partial charge on any atom is 0.335 e. The number of amides is 6. The Bertz CT molecular complexity index is 1270. The number of hydrogen-bond acceptors (Lipinski definition) is 6. The Morgan fingerprint density at radius 1 is 0.848 bits per heavy atom. The predicted octanol–water partition coefficient (Wildman–Crippen LogP) is 1.88. The summed E-state index contributed by atoms with van der Waals surface area (Å²) in [4.78, 5) is 65.7. The van der Waals surface area contributed by atoms with Crippen LogP contribution in [0.2, 0.25) is 0 Å². The Morgan fingerprint density at radius 2 is 1.55 bits per heavy atom. The lowest BCUT2D eigenvalue weighted by Gasteiger charge is -2.32. The van der Waals surface area contributed by atoms with Crippen LogP contribution in [0, 0.1) is 19.8 Å². The van der Waals surface area contributed by atoms with Gasteiger partial charge in [0.15, 0.2) is 5.11 Å². The van der Waals surface area contributed by atoms with E-state index in [1.54, 1.807) is 48.5 Å². The number of imide groups is 2. The summed E-state index contributed by atoms with van der Waals surface area (Å²) in [6, 6.07) is 12.4. The van der Waals surface area contributed by atoms with Crippen molar-refractivity contribution in [2.24, 2.45) is 5.92 Å². The van der Waals surface area contributed by atoms with Crippen LogP contribution in [0.3, 0.4) is 0 Å². The van der Waals surface area contributed by atoms with Gasteiger partial charge >= 0.3 is 6.03 Å². The van der Waals surface area contributed by atoms with Crippen molar-refractivity contribution in [1.29, 1.82) is 0 Å². The standard InChI is InChI=1S/C23H18N4O5S/c1-12-8-9-15(10-13(12)2)26-20(30)16(18(28)24-22(26)32)11-17-19(29)25-23(33)27(21(17)31)14-6-4-3-5-7-14/h3-11,17H,1-2H3,(H,24,28,32)(H,25,29,33)/b16-11+/t17-/m1/s1. The van der Waals surface area contributed by atoms with Gasteiger partial charge in [0.2, 0.25) is 11.8 Å². The summed E-state index contributed by atoms with van der Waals surface area (Å²) in [5.41, 5.74) is 1.97. The van der Waals surface area contributed by atoms with Crippen molar-refractivity contribution in [3.63, 3.8) is 0 Å². The molecule has 0 bridgehead atoms. The molecule has 2 saturated heterocycles. The number of nitrogens with zero attached hydrogens (tertiary/aromatic N) is 2. The van der Waals surface area contributed by atoms with Crippen molar-refractivity contribution >= 4 is 58.4 Å². The lowest BCUT2D eigenvalue weighted by atomic mass is 9.98. The molecule has 9 nitrogen and oxygen atoms in total. The number of nitrogens with one attached hydrogen (secondary N) is 2. The number of aryl methyl sites for hydroxylation is 2. The van der Waals surface area contributed by atoms with Crippen LogP contribution in [-0.2, 0) is 19.2 Å². The summed E-state index contributed by atoms with van der Waals surface area (Å²) in [6.45, 7) is 3.70. The highest BCUT2D eigenvalue weighted by Crippen LogP contribution is 2.26. The average molecular weight is 462 g/mol. The van der Waals surface area contributed by atoms with E-state index in [4.69, 9.17) is 12.2 Å². The highest BCUT2D eigenvalue weighted by Gasteiger charge is 2.42. The van der Waals surface area contributed by atoms with Crippen molar-refractivity contribution in [3.05, 3.63) is 71.3 Å². The Labute approximate surface area is 194 Å². The Kier molecular flexibility index (Phi) is 5.60. The number of carbonyl (C=O) groups is 5. The van der Waals surface area contributed by atoms with E-state index in [-0.39, 0.29) is 10.8 Å². The van der Waals surface area contributed by atoms with Gasteiger partial charge in [-0.25, -0.2) is 9.69 Å². The number of carbonyl (C=O) groups excluding carboxylic acids is 5. The van der Waals surface area contributed by atoms with Crippen LogP contribution in [-0.4, -0.2) is 34.8 Å². The van der Waals surface area contributed by atoms with E-state index in [1.807, 2.05) is 13.8 Å². The molecule has 2 fully saturated rings. The molecule has 166 valence electrons. The van der Waals surface area contributed by atoms with Crippen LogP contribution in [0.1, 0.15) is 11.1 Å². The molecule has 2 aliphatic rings. The van der Waals surface area contributed by atoms with E-state index < -0.39 is 41.2 Å². The van der Waals surface area contributed by atoms with Crippen molar-refractivity contribution < 1.29 is 24.0 Å². The third-order valence-electron chi connectivity index (χ3n) is 5.40. The van der Waals surface area contributed by atoms with Gasteiger partial charge in [0.25, 0.3) is 11.8 Å². The molecule has 2 aromatic carbocycles. The van der Waals surface area contributed by atoms with E-state index in [0.29, 0.717) is 5.69 Å². The Hall–Kier alpha value is -4.18. The molecule has 0 aliphatic carbocycles. The first-order valence-electron chi connectivity index (χ1n) is 9.91. The lowest BCUT2D eigenvalue weighted by Crippen LogP contribution is -2.58. The second-order valence-electron chi connectivity index (χ2n) is 7.53. The number of thiocarbonyl (C=S) groups is 1. The minimum Gasteiger partial charge on any atom is -0.301 e. The topological polar surface area (TPSA) is 116 Å². The third-order valence-corrected chi connectivity index (χ3v) is 5.68. The Balaban J connectivity index is 1.72. The third kappa shape index (κ3) is 3.92. The monoisotopic (exact) mass is 462 g/mol. The minimum atomic E-state index is -1.50. The second kappa shape index (κ2) is 8.40. The second-order valence-corrected chi connectivity index (χ2v) is 7.92. The highest BCUT2D eigenvalue weighted by molar-refractivity contribution is 7.80. The number of hydrogen-bond donors (Lipinski definition) is 2. The van der Waals surface area contributed by atoms with Gasteiger partial charge in [-0.15, -0.1) is 0 Å². The first-order valence-corrected chi connectivity index (χ1v) is 10.3. The molecule has 0 saturated carbocycles. The van der Waals surface area contributed by atoms with Gasteiger partial charge in [-0.2, -0.15) is 0 Å². The smallest absolute Gasteiger partial charge is 0.301 e. The zero-order valence-electron chi connectivity index (χ0n) is 17.6. The molecular weight excluding hydrogens is 444 g/mol. The largest absolute Gasteiger partial charge is 0.335 e. The molecule has 1 atom stereocenters. The van der Waals surface area contributed by atoms with Gasteiger partial charge in [-0.1, -0.05) is 24.3 Å². The van der Waals surface area contributed by atoms with Crippen LogP contribution in [0.5, 0.6) is 0 Å². The van der Waals surface area contributed by atoms with Gasteiger partial charge in [-0.3, -0.25) is 29.4 Å². The summed E-state index contributed by atoms with van der Waals surface area (Å²) in [7, 11) is 0. The van der Waals surface area contributed by atoms with Gasteiger partial charge in [0.1, 0.15) is 11.5 Å². The van der Waals surface area contributed by atoms with Crippen LogP contribution < -0.4 is 20.4 Å². The minimum absolute atomic E-state index is 0.114. The number of barbiturate groups is 1. The zero-order valence-corrected chi connectivity index (χ0v) is 18.4. The van der Waals surface area contributed by atoms with E-state index in [1.165, 1.54) is 0 Å². The van der Waals surface area contributed by atoms with Crippen LogP contribution >= 0.6 is 12.2 Å². The summed E-state index contributed by atoms with van der Waals surface area (Å²) < 4.78 is 0. The maximum absolute atomic E-state index is 13.1. The van der Waals surface area contributed by atoms with Crippen molar-refractivity contribution in [2.45, 2.75) is 13.8 Å². The summed E-state index contributed by atoms with van der Waals surface area (Å²) in [5, 5.41) is 4.40. The summed E-state index contributed by atoms with van der Waals surface area (Å²) in [6.07, 6.45) is 0.966. The van der Waals surface area contributed by atoms with E-state index in [2.05, 4.69) is 10.6 Å². The molecule has 0 aromatic heterocycles. The molecule has 0 spiro atoms. The zero-order chi connectivity index (χ0) is 23.9. The fraction of sp³-hybridized carbons (Fsp3) is 0.130. The van der Waals surface area contributed by atoms with Crippen LogP contribution in [0.4, 0.5) is 16.2 Å². The van der Waals surface area contributed by atoms with Crippen LogP contribution in [0.25, 0.3) is 0 Å². The molecule has 0 radical (unpaired) electrons. The number of urea groups is 1. The molecule has 2 N–H and O–H groups in total. The van der Waals surface area contributed by atoms with Crippen LogP contribution in [0.15, 0.2) is 60.2 Å². The van der Waals surface area contributed by atoms with Gasteiger partial charge in [-0.05, 0) is 67.5 Å². The molecule has 6 amide bonds. The molecule has 33 heavy (non-hydrogen) atoms. The van der Waals surface area contributed by atoms with Crippen molar-refractivity contribution in [1.82, 2.24) is 10.6 Å². The quantitative estimate of drug-likeness (QED) is 0.311. The molecule has 4 rings (SSSR count). The molecule has 2 aromatic rings. The van der Waals surface area contributed by atoms with Gasteiger partial charge < -0.3 is 5.32 Å². The molecule has 10 heteroatoms. The normalized spacial score (nSPS) is 20.3. The number of para-hydroxylation sites is 1. The SMILES string of the molecule is Cc1ccc(N2C(=O)NC(=O)/C(=C\[C@@H]3C(=O)NC(=S)N(c4ccccc4)C3=O)C2=O)cc1C. The summed E-state index contributed by atoms with van der Waals surface area (Å²) >= 11 is 5.14. The van der Waals surface area contributed by atoms with Crippen molar-refractivity contribution in [3.8, 4) is 0 Å². The summed E-state index contributed by atoms with van der Waals surface area (Å²) in [5.74, 6) is -4.94. The molecule has 2 aliphatic heterocycles. The van der Waals surface area contributed by atoms with Gasteiger partial charge in [0, 0.05) is 0 Å². The van der Waals surface area contributed by atoms with Crippen molar-refractivity contribution in [2.75, 3.05) is 9.80 Å². The number of benzene rings is 2. The maximum atomic E-state index is 13.1. The average Bonchev–Trinajstić information content (AvgIpc) is 2.76. The fourth-order valence-corrected chi connectivity index (χ4v) is 3.80. The molecule has 0 unspecified atom stereocenters. The number of rotatable bonds is 3. The van der Waals surface area contributed by atoms with E-state index in [0.717, 1.165) is 27.0 Å². The predicted molar refractivity (Wildman–Crippen MR) is 123 cm³/mol. The molecule has 2 heterocycles. The lowest BCUT2D eigenvalue weighted by molar-refractivity contribution is -0.131. The first-order chi connectivity index (χ1) is 15.7. The fourth-order valence-electron chi connectivity index (χ4n) is 3.50. The first kappa shape index (κ1) is 22.0. The van der Waals surface area contributed by atoms with Gasteiger partial charge in [0.05, 0.1) is 11.4 Å². The number of anilines is 2. The molecular formula is C23H18N4O5S. The Morgan fingerprint density at radius 3 is 2.21 bits per heavy atom. The van der Waals surface area contributed by atoms with E-state index >= 15 is 0 Å². The van der Waals surface area contributed by atoms with E-state index in [9.17, 15) is 24.0 Å². The highest BCUT2D eigenvalue weighted by atomic mass is 32.1.